The minimum absolute atomic E-state index is 0.338. The second-order valence-electron chi connectivity index (χ2n) is 6.59. The molecule has 0 saturated carbocycles. The molecule has 0 fully saturated rings. The van der Waals surface area contributed by atoms with Crippen LogP contribution in [-0.4, -0.2) is 51.6 Å². The highest BCUT2D eigenvalue weighted by Gasteiger charge is 2.14. The summed E-state index contributed by atoms with van der Waals surface area (Å²) in [6, 6.07) is 12.3. The standard InChI is InChI=1S/C21H19N5O4S2/c1-12-24-25-21(31-3)26(12)14-6-4-13(5-7-14)19(28)30-11-18(27)23-20-22-16-9-8-15(29-2)10-17(16)32-20/h4-10H,11H2,1-3H3,(H,22,23,27). The number of hydrogen-bond donors (Lipinski definition) is 1. The molecule has 32 heavy (non-hydrogen) atoms. The molecule has 0 aliphatic carbocycles. The van der Waals surface area contributed by atoms with Crippen LogP contribution in [0.3, 0.4) is 0 Å². The molecule has 11 heteroatoms. The fraction of sp³-hybridized carbons (Fsp3) is 0.190. The van der Waals surface area contributed by atoms with Crippen molar-refractivity contribution in [1.82, 2.24) is 19.7 Å². The number of rotatable bonds is 7. The zero-order chi connectivity index (χ0) is 22.7. The summed E-state index contributed by atoms with van der Waals surface area (Å²) < 4.78 is 13.1. The highest BCUT2D eigenvalue weighted by Crippen LogP contribution is 2.29. The van der Waals surface area contributed by atoms with Crippen LogP contribution in [0.5, 0.6) is 5.75 Å². The van der Waals surface area contributed by atoms with E-state index in [1.807, 2.05) is 29.9 Å². The minimum Gasteiger partial charge on any atom is -0.497 e. The van der Waals surface area contributed by atoms with Gasteiger partial charge in [0.25, 0.3) is 5.91 Å². The van der Waals surface area contributed by atoms with Crippen molar-refractivity contribution in [3.63, 3.8) is 0 Å². The Kier molecular flexibility index (Phi) is 6.37. The maximum Gasteiger partial charge on any atom is 0.338 e. The normalized spacial score (nSPS) is 10.8. The van der Waals surface area contributed by atoms with Crippen LogP contribution in [0.4, 0.5) is 5.13 Å². The monoisotopic (exact) mass is 469 g/mol. The van der Waals surface area contributed by atoms with Gasteiger partial charge >= 0.3 is 5.97 Å². The van der Waals surface area contributed by atoms with Gasteiger partial charge in [-0.05, 0) is 55.6 Å². The molecule has 0 atom stereocenters. The molecular formula is C21H19N5O4S2. The summed E-state index contributed by atoms with van der Waals surface area (Å²) in [5, 5.41) is 12.0. The molecule has 0 saturated heterocycles. The number of amides is 1. The number of hydrogen-bond acceptors (Lipinski definition) is 9. The Morgan fingerprint density at radius 2 is 1.94 bits per heavy atom. The number of thiazole rings is 1. The molecule has 0 bridgehead atoms. The van der Waals surface area contributed by atoms with Crippen LogP contribution in [0.1, 0.15) is 16.2 Å². The molecule has 2 aromatic heterocycles. The quantitative estimate of drug-likeness (QED) is 0.322. The Hall–Kier alpha value is -3.44. The van der Waals surface area contributed by atoms with E-state index in [1.54, 1.807) is 37.4 Å². The van der Waals surface area contributed by atoms with Gasteiger partial charge in [-0.15, -0.1) is 10.2 Å². The van der Waals surface area contributed by atoms with Crippen LogP contribution < -0.4 is 10.1 Å². The lowest BCUT2D eigenvalue weighted by Crippen LogP contribution is -2.20. The highest BCUT2D eigenvalue weighted by molar-refractivity contribution is 7.98. The van der Waals surface area contributed by atoms with Crippen molar-refractivity contribution in [2.75, 3.05) is 25.3 Å². The number of nitrogens with zero attached hydrogens (tertiary/aromatic N) is 4. The number of aryl methyl sites for hydroxylation is 1. The highest BCUT2D eigenvalue weighted by atomic mass is 32.2. The van der Waals surface area contributed by atoms with Crippen molar-refractivity contribution in [1.29, 1.82) is 0 Å². The smallest absolute Gasteiger partial charge is 0.338 e. The number of nitrogens with one attached hydrogen (secondary N) is 1. The molecule has 164 valence electrons. The Morgan fingerprint density at radius 1 is 1.16 bits per heavy atom. The number of thioether (sulfide) groups is 1. The van der Waals surface area contributed by atoms with Crippen LogP contribution in [0.25, 0.3) is 15.9 Å². The van der Waals surface area contributed by atoms with Gasteiger partial charge in [0.2, 0.25) is 0 Å². The fourth-order valence-electron chi connectivity index (χ4n) is 2.97. The Morgan fingerprint density at radius 3 is 2.66 bits per heavy atom. The van der Waals surface area contributed by atoms with E-state index in [-0.39, 0.29) is 0 Å². The summed E-state index contributed by atoms with van der Waals surface area (Å²) in [7, 11) is 1.59. The van der Waals surface area contributed by atoms with Gasteiger partial charge < -0.3 is 9.47 Å². The van der Waals surface area contributed by atoms with E-state index in [9.17, 15) is 9.59 Å². The summed E-state index contributed by atoms with van der Waals surface area (Å²) in [6.45, 7) is 1.44. The van der Waals surface area contributed by atoms with Gasteiger partial charge in [-0.2, -0.15) is 0 Å². The van der Waals surface area contributed by atoms with E-state index in [4.69, 9.17) is 9.47 Å². The molecular weight excluding hydrogens is 450 g/mol. The first-order chi connectivity index (χ1) is 15.5. The molecule has 4 rings (SSSR count). The molecule has 9 nitrogen and oxygen atoms in total. The van der Waals surface area contributed by atoms with Gasteiger partial charge in [-0.1, -0.05) is 23.1 Å². The van der Waals surface area contributed by atoms with Crippen LogP contribution in [0, 0.1) is 6.92 Å². The summed E-state index contributed by atoms with van der Waals surface area (Å²) in [5.41, 5.74) is 1.92. The lowest BCUT2D eigenvalue weighted by molar-refractivity contribution is -0.119. The summed E-state index contributed by atoms with van der Waals surface area (Å²) >= 11 is 2.79. The maximum atomic E-state index is 12.3. The summed E-state index contributed by atoms with van der Waals surface area (Å²) in [6.07, 6.45) is 1.92. The lowest BCUT2D eigenvalue weighted by Gasteiger charge is -2.08. The molecule has 0 radical (unpaired) electrons. The molecule has 4 aromatic rings. The summed E-state index contributed by atoms with van der Waals surface area (Å²) in [4.78, 5) is 28.9. The van der Waals surface area contributed by atoms with E-state index in [0.29, 0.717) is 16.4 Å². The Balaban J connectivity index is 1.36. The molecule has 2 heterocycles. The molecule has 1 amide bonds. The number of aromatic nitrogens is 4. The predicted octanol–water partition coefficient (Wildman–Crippen LogP) is 3.71. The van der Waals surface area contributed by atoms with Crippen molar-refractivity contribution in [2.24, 2.45) is 0 Å². The van der Waals surface area contributed by atoms with E-state index >= 15 is 0 Å². The SMILES string of the molecule is COc1ccc2nc(NC(=O)COC(=O)c3ccc(-n4c(C)nnc4SC)cc3)sc2c1. The number of benzene rings is 2. The second-order valence-corrected chi connectivity index (χ2v) is 8.40. The number of carbonyl (C=O) groups is 2. The number of esters is 1. The second kappa shape index (κ2) is 9.37. The molecule has 0 unspecified atom stereocenters. The number of methoxy groups -OCH3 is 1. The van der Waals surface area contributed by atoms with Gasteiger partial charge in [-0.3, -0.25) is 14.7 Å². The van der Waals surface area contributed by atoms with E-state index in [1.165, 1.54) is 23.1 Å². The van der Waals surface area contributed by atoms with Gasteiger partial charge in [0.15, 0.2) is 16.9 Å². The van der Waals surface area contributed by atoms with Crippen molar-refractivity contribution in [3.05, 3.63) is 53.9 Å². The Labute approximate surface area is 191 Å². The topological polar surface area (TPSA) is 108 Å². The average molecular weight is 470 g/mol. The van der Waals surface area contributed by atoms with Crippen molar-refractivity contribution in [3.8, 4) is 11.4 Å². The average Bonchev–Trinajstić information content (AvgIpc) is 3.39. The van der Waals surface area contributed by atoms with E-state index in [2.05, 4.69) is 20.5 Å². The van der Waals surface area contributed by atoms with Crippen LogP contribution in [0.2, 0.25) is 0 Å². The largest absolute Gasteiger partial charge is 0.497 e. The molecule has 1 N–H and O–H groups in total. The third-order valence-electron chi connectivity index (χ3n) is 4.52. The molecule has 0 aliphatic rings. The number of ether oxygens (including phenoxy) is 2. The zero-order valence-electron chi connectivity index (χ0n) is 17.5. The number of anilines is 1. The third-order valence-corrected chi connectivity index (χ3v) is 6.08. The van der Waals surface area contributed by atoms with Gasteiger partial charge in [0.05, 0.1) is 22.9 Å². The zero-order valence-corrected chi connectivity index (χ0v) is 19.1. The van der Waals surface area contributed by atoms with Crippen molar-refractivity contribution < 1.29 is 19.1 Å². The predicted molar refractivity (Wildman–Crippen MR) is 123 cm³/mol. The summed E-state index contributed by atoms with van der Waals surface area (Å²) in [5.74, 6) is 0.398. The van der Waals surface area contributed by atoms with Crippen LogP contribution in [-0.2, 0) is 9.53 Å². The molecule has 0 aliphatic heterocycles. The Bertz CT molecular complexity index is 1280. The maximum absolute atomic E-state index is 12.3. The van der Waals surface area contributed by atoms with Gasteiger partial charge in [0.1, 0.15) is 11.6 Å². The fourth-order valence-corrected chi connectivity index (χ4v) is 4.43. The minimum atomic E-state index is -0.591. The van der Waals surface area contributed by atoms with E-state index in [0.717, 1.165) is 26.9 Å². The van der Waals surface area contributed by atoms with Crippen LogP contribution >= 0.6 is 23.1 Å². The first-order valence-corrected chi connectivity index (χ1v) is 11.5. The molecule has 0 spiro atoms. The first-order valence-electron chi connectivity index (χ1n) is 9.46. The van der Waals surface area contributed by atoms with Crippen molar-refractivity contribution >= 4 is 50.3 Å². The number of carbonyl (C=O) groups excluding carboxylic acids is 2. The van der Waals surface area contributed by atoms with Crippen molar-refractivity contribution in [2.45, 2.75) is 12.1 Å². The first kappa shape index (κ1) is 21.8. The third kappa shape index (κ3) is 4.58. The number of fused-ring (bicyclic) bond motifs is 1. The van der Waals surface area contributed by atoms with Gasteiger partial charge in [-0.25, -0.2) is 9.78 Å². The lowest BCUT2D eigenvalue weighted by atomic mass is 10.2. The molecule has 2 aromatic carbocycles. The van der Waals surface area contributed by atoms with Gasteiger partial charge in [0, 0.05) is 5.69 Å². The van der Waals surface area contributed by atoms with E-state index < -0.39 is 18.5 Å². The van der Waals surface area contributed by atoms with Crippen LogP contribution in [0.15, 0.2) is 47.6 Å².